The summed E-state index contributed by atoms with van der Waals surface area (Å²) in [4.78, 5) is 25.7. The third-order valence-corrected chi connectivity index (χ3v) is 5.39. The third kappa shape index (κ3) is 10.2. The van der Waals surface area contributed by atoms with E-state index >= 15 is 0 Å². The predicted molar refractivity (Wildman–Crippen MR) is 144 cm³/mol. The van der Waals surface area contributed by atoms with E-state index in [0.717, 1.165) is 5.71 Å². The molecule has 1 saturated carbocycles. The molecule has 8 nitrogen and oxygen atoms in total. The summed E-state index contributed by atoms with van der Waals surface area (Å²) in [5, 5.41) is 4.35. The first kappa shape index (κ1) is 28.2. The van der Waals surface area contributed by atoms with Crippen LogP contribution in [0.4, 0.5) is 0 Å². The van der Waals surface area contributed by atoms with E-state index in [1.54, 1.807) is 49.4 Å². The van der Waals surface area contributed by atoms with Gasteiger partial charge in [0.1, 0.15) is 18.1 Å². The van der Waals surface area contributed by atoms with Gasteiger partial charge < -0.3 is 19.0 Å². The van der Waals surface area contributed by atoms with Crippen LogP contribution in [0.15, 0.2) is 53.8 Å². The lowest BCUT2D eigenvalue weighted by atomic mass is 10.0. The van der Waals surface area contributed by atoms with Gasteiger partial charge in [0.2, 0.25) is 5.88 Å². The van der Waals surface area contributed by atoms with Gasteiger partial charge in [0, 0.05) is 5.02 Å². The molecule has 1 aliphatic rings. The van der Waals surface area contributed by atoms with E-state index in [2.05, 4.69) is 21.5 Å². The highest BCUT2D eigenvalue weighted by atomic mass is 35.5. The number of hydrogen-bond donors (Lipinski definition) is 0. The van der Waals surface area contributed by atoms with Crippen LogP contribution in [0.5, 0.6) is 17.4 Å². The Balaban J connectivity index is 0.000000555. The fraction of sp³-hybridized carbons (Fsp3) is 0.393. The maximum Gasteiger partial charge on any atom is 0.347 e. The Kier molecular flexibility index (Phi) is 11.4. The Hall–Kier alpha value is -3.39. The van der Waals surface area contributed by atoms with E-state index in [9.17, 15) is 4.79 Å². The van der Waals surface area contributed by atoms with Gasteiger partial charge in [-0.05, 0) is 69.7 Å². The molecule has 0 amide bonds. The number of hydrogen-bond acceptors (Lipinski definition) is 8. The summed E-state index contributed by atoms with van der Waals surface area (Å²) in [7, 11) is 0. The molecule has 1 aromatic heterocycles. The highest BCUT2D eigenvalue weighted by molar-refractivity contribution is 6.31. The van der Waals surface area contributed by atoms with E-state index in [0.29, 0.717) is 33.4 Å². The molecule has 0 aliphatic heterocycles. The number of aromatic nitrogens is 2. The molecule has 1 unspecified atom stereocenters. The van der Waals surface area contributed by atoms with Crippen molar-refractivity contribution in [2.75, 3.05) is 13.2 Å². The van der Waals surface area contributed by atoms with Crippen molar-refractivity contribution in [2.24, 2.45) is 5.16 Å². The number of fused-ring (bicyclic) bond motifs is 1. The van der Waals surface area contributed by atoms with Crippen molar-refractivity contribution in [1.29, 1.82) is 0 Å². The average molecular weight is 527 g/mol. The minimum atomic E-state index is -0.777. The van der Waals surface area contributed by atoms with Crippen molar-refractivity contribution in [3.8, 4) is 17.4 Å². The molecular formula is C28H33ClN3O5. The molecule has 1 aliphatic carbocycles. The maximum atomic E-state index is 12.0. The molecule has 1 heterocycles. The van der Waals surface area contributed by atoms with Crippen LogP contribution in [0.2, 0.25) is 5.02 Å². The SMILES string of the molecule is CC(C)=NOCCOC(=O)C(C)Oc1ccc(Oc2cnc3cc(Cl)ccc3n2)cc1.[CH]1CCCCC1. The van der Waals surface area contributed by atoms with Crippen LogP contribution in [0.1, 0.15) is 52.9 Å². The highest BCUT2D eigenvalue weighted by Crippen LogP contribution is 2.25. The number of rotatable bonds is 9. The van der Waals surface area contributed by atoms with Crippen molar-refractivity contribution in [3.63, 3.8) is 0 Å². The second-order valence-electron chi connectivity index (χ2n) is 8.64. The fourth-order valence-corrected chi connectivity index (χ4v) is 3.51. The zero-order valence-corrected chi connectivity index (χ0v) is 22.2. The smallest absolute Gasteiger partial charge is 0.347 e. The Labute approximate surface area is 222 Å². The number of nitrogens with zero attached hydrogens (tertiary/aromatic N) is 3. The summed E-state index contributed by atoms with van der Waals surface area (Å²) in [5.41, 5.74) is 2.15. The molecule has 1 atom stereocenters. The van der Waals surface area contributed by atoms with Crippen molar-refractivity contribution in [1.82, 2.24) is 9.97 Å². The highest BCUT2D eigenvalue weighted by Gasteiger charge is 2.16. The maximum absolute atomic E-state index is 12.0. The minimum absolute atomic E-state index is 0.0924. The van der Waals surface area contributed by atoms with Crippen LogP contribution in [0, 0.1) is 6.42 Å². The van der Waals surface area contributed by atoms with Gasteiger partial charge >= 0.3 is 5.97 Å². The molecule has 9 heteroatoms. The first-order chi connectivity index (χ1) is 17.9. The molecule has 0 bridgehead atoms. The Morgan fingerprint density at radius 1 is 1.00 bits per heavy atom. The number of carbonyl (C=O) groups excluding carboxylic acids is 1. The number of oxime groups is 1. The minimum Gasteiger partial charge on any atom is -0.479 e. The standard InChI is InChI=1S/C22H22ClN3O5.C6H11/c1-14(2)26-29-11-10-28-22(27)15(3)30-17-5-7-18(8-6-17)31-21-13-24-20-12-16(23)4-9-19(20)25-21;1-2-4-6-5-3-1/h4-9,12-13,15H,10-11H2,1-3H3;1H,2-6H2. The summed E-state index contributed by atoms with van der Waals surface area (Å²) in [6.45, 7) is 5.50. The van der Waals surface area contributed by atoms with Crippen molar-refractivity contribution >= 4 is 34.3 Å². The van der Waals surface area contributed by atoms with Crippen LogP contribution in [-0.4, -0.2) is 41.0 Å². The first-order valence-corrected chi connectivity index (χ1v) is 12.8. The normalized spacial score (nSPS) is 13.5. The quantitative estimate of drug-likeness (QED) is 0.129. The lowest BCUT2D eigenvalue weighted by Crippen LogP contribution is -2.27. The Bertz CT molecular complexity index is 1150. The van der Waals surface area contributed by atoms with E-state index in [1.165, 1.54) is 38.3 Å². The third-order valence-electron chi connectivity index (χ3n) is 5.16. The van der Waals surface area contributed by atoms with Crippen molar-refractivity contribution in [3.05, 3.63) is 60.1 Å². The van der Waals surface area contributed by atoms with Crippen molar-refractivity contribution in [2.45, 2.75) is 59.0 Å². The summed E-state index contributed by atoms with van der Waals surface area (Å²) in [5.74, 6) is 0.908. The summed E-state index contributed by atoms with van der Waals surface area (Å²) < 4.78 is 16.4. The van der Waals surface area contributed by atoms with Gasteiger partial charge in [-0.15, -0.1) is 0 Å². The summed E-state index contributed by atoms with van der Waals surface area (Å²) >= 11 is 5.96. The van der Waals surface area contributed by atoms with Gasteiger partial charge in [-0.2, -0.15) is 0 Å². The largest absolute Gasteiger partial charge is 0.479 e. The molecular weight excluding hydrogens is 494 g/mol. The molecule has 2 aromatic carbocycles. The second-order valence-corrected chi connectivity index (χ2v) is 9.08. The summed E-state index contributed by atoms with van der Waals surface area (Å²) in [6, 6.07) is 12.1. The van der Waals surface area contributed by atoms with E-state index < -0.39 is 12.1 Å². The van der Waals surface area contributed by atoms with Gasteiger partial charge in [0.05, 0.1) is 22.9 Å². The number of carbonyl (C=O) groups is 1. The number of esters is 1. The molecule has 197 valence electrons. The zero-order valence-electron chi connectivity index (χ0n) is 21.5. The second kappa shape index (κ2) is 15.0. The van der Waals surface area contributed by atoms with Crippen LogP contribution in [0.3, 0.4) is 0 Å². The fourth-order valence-electron chi connectivity index (χ4n) is 3.35. The average Bonchev–Trinajstić information content (AvgIpc) is 2.90. The molecule has 3 aromatic rings. The van der Waals surface area contributed by atoms with E-state index in [1.807, 2.05) is 13.8 Å². The first-order valence-electron chi connectivity index (χ1n) is 12.4. The predicted octanol–water partition coefficient (Wildman–Crippen LogP) is 6.95. The van der Waals surface area contributed by atoms with E-state index in [-0.39, 0.29) is 13.2 Å². The number of halogens is 1. The number of ether oxygens (including phenoxy) is 3. The van der Waals surface area contributed by atoms with Crippen LogP contribution in [0.25, 0.3) is 11.0 Å². The lowest BCUT2D eigenvalue weighted by Gasteiger charge is -2.14. The zero-order chi connectivity index (χ0) is 26.5. The molecule has 0 N–H and O–H groups in total. The van der Waals surface area contributed by atoms with Gasteiger partial charge in [0.15, 0.2) is 12.7 Å². The van der Waals surface area contributed by atoms with Gasteiger partial charge in [-0.3, -0.25) is 0 Å². The van der Waals surface area contributed by atoms with Crippen molar-refractivity contribution < 1.29 is 23.8 Å². The van der Waals surface area contributed by atoms with Crippen LogP contribution >= 0.6 is 11.6 Å². The molecule has 1 radical (unpaired) electrons. The molecule has 37 heavy (non-hydrogen) atoms. The molecule has 0 saturated heterocycles. The Morgan fingerprint density at radius 3 is 2.38 bits per heavy atom. The molecule has 0 spiro atoms. The van der Waals surface area contributed by atoms with E-state index in [4.69, 9.17) is 30.6 Å². The topological polar surface area (TPSA) is 92.1 Å². The monoisotopic (exact) mass is 526 g/mol. The van der Waals surface area contributed by atoms with Crippen LogP contribution < -0.4 is 9.47 Å². The van der Waals surface area contributed by atoms with Gasteiger partial charge in [-0.1, -0.05) is 48.9 Å². The lowest BCUT2D eigenvalue weighted by molar-refractivity contribution is -0.152. The van der Waals surface area contributed by atoms with Gasteiger partial charge in [0.25, 0.3) is 0 Å². The molecule has 4 rings (SSSR count). The van der Waals surface area contributed by atoms with Crippen LogP contribution in [-0.2, 0) is 14.4 Å². The summed E-state index contributed by atoms with van der Waals surface area (Å²) in [6.07, 6.45) is 10.2. The Morgan fingerprint density at radius 2 is 1.73 bits per heavy atom. The number of benzene rings is 2. The molecule has 1 fully saturated rings. The van der Waals surface area contributed by atoms with Gasteiger partial charge in [-0.25, -0.2) is 14.8 Å².